The van der Waals surface area contributed by atoms with Gasteiger partial charge in [0.1, 0.15) is 17.5 Å². The van der Waals surface area contributed by atoms with Crippen molar-refractivity contribution in [1.29, 1.82) is 5.26 Å². The van der Waals surface area contributed by atoms with Gasteiger partial charge >= 0.3 is 0 Å². The fraction of sp³-hybridized carbons (Fsp3) is 0.633. The lowest BCUT2D eigenvalue weighted by Gasteiger charge is -2.61. The van der Waals surface area contributed by atoms with Crippen LogP contribution in [0.1, 0.15) is 75.8 Å². The van der Waals surface area contributed by atoms with Crippen molar-refractivity contribution in [3.8, 4) is 6.07 Å². The van der Waals surface area contributed by atoms with E-state index >= 15 is 0 Å². The van der Waals surface area contributed by atoms with Crippen LogP contribution in [0, 0.1) is 34.5 Å². The molecular weight excluding hydrogens is 494 g/mol. The summed E-state index contributed by atoms with van der Waals surface area (Å²) in [4.78, 5) is 9.05. The Labute approximate surface area is 231 Å². The first-order chi connectivity index (χ1) is 18.3. The van der Waals surface area contributed by atoms with Gasteiger partial charge in [0.25, 0.3) is 0 Å². The number of hydrogen-bond donors (Lipinski definition) is 4. The van der Waals surface area contributed by atoms with E-state index in [-0.39, 0.29) is 5.54 Å². The molecule has 7 nitrogen and oxygen atoms in total. The molecule has 38 heavy (non-hydrogen) atoms. The van der Waals surface area contributed by atoms with Crippen LogP contribution in [0.2, 0.25) is 5.02 Å². The maximum absolute atomic E-state index is 9.71. The molecule has 0 spiro atoms. The third kappa shape index (κ3) is 5.36. The Bertz CT molecular complexity index is 1180. The lowest BCUT2D eigenvalue weighted by molar-refractivity contribution is -0.0732. The van der Waals surface area contributed by atoms with Gasteiger partial charge in [-0.1, -0.05) is 29.8 Å². The van der Waals surface area contributed by atoms with Gasteiger partial charge in [0.2, 0.25) is 5.95 Å². The maximum Gasteiger partial charge on any atom is 0.224 e. The smallest absolute Gasteiger partial charge is 0.224 e. The summed E-state index contributed by atoms with van der Waals surface area (Å²) in [6, 6.07) is 11.3. The molecular formula is C30H40ClN7. The van der Waals surface area contributed by atoms with Crippen LogP contribution in [-0.4, -0.2) is 34.1 Å². The van der Waals surface area contributed by atoms with Crippen molar-refractivity contribution in [3.05, 3.63) is 46.6 Å². The molecule has 1 heterocycles. The molecule has 7 rings (SSSR count). The van der Waals surface area contributed by atoms with E-state index in [1.807, 2.05) is 24.3 Å². The highest BCUT2D eigenvalue weighted by Crippen LogP contribution is 2.60. The predicted octanol–water partition coefficient (Wildman–Crippen LogP) is 5.47. The average Bonchev–Trinajstić information content (AvgIpc) is 2.90. The van der Waals surface area contributed by atoms with Gasteiger partial charge in [-0.3, -0.25) is 0 Å². The molecule has 2 aromatic rings. The molecule has 8 heteroatoms. The summed E-state index contributed by atoms with van der Waals surface area (Å²) >= 11 is 6.30. The second-order valence-electron chi connectivity index (χ2n) is 13.0. The summed E-state index contributed by atoms with van der Waals surface area (Å²) in [5.41, 5.74) is 8.18. The van der Waals surface area contributed by atoms with E-state index in [0.717, 1.165) is 42.7 Å². The molecule has 0 amide bonds. The van der Waals surface area contributed by atoms with Crippen molar-refractivity contribution < 1.29 is 0 Å². The minimum absolute atomic E-state index is 0.0191. The summed E-state index contributed by atoms with van der Waals surface area (Å²) in [5, 5.41) is 21.4. The van der Waals surface area contributed by atoms with Crippen LogP contribution in [0.4, 0.5) is 11.8 Å². The van der Waals surface area contributed by atoms with Gasteiger partial charge in [-0.2, -0.15) is 10.2 Å². The number of benzene rings is 1. The van der Waals surface area contributed by atoms with Gasteiger partial charge in [-0.15, -0.1) is 0 Å². The minimum Gasteiger partial charge on any atom is -0.368 e. The maximum atomic E-state index is 9.71. The van der Waals surface area contributed by atoms with Crippen molar-refractivity contribution in [2.45, 2.75) is 88.9 Å². The number of hydrogen-bond acceptors (Lipinski definition) is 7. The van der Waals surface area contributed by atoms with Crippen LogP contribution in [0.15, 0.2) is 30.5 Å². The van der Waals surface area contributed by atoms with Crippen molar-refractivity contribution in [1.82, 2.24) is 15.3 Å². The zero-order valence-corrected chi connectivity index (χ0v) is 23.1. The number of halogens is 1. The summed E-state index contributed by atoms with van der Waals surface area (Å²) in [6.45, 7) is 3.60. The van der Waals surface area contributed by atoms with Crippen LogP contribution < -0.4 is 21.7 Å². The molecule has 0 aliphatic heterocycles. The molecule has 1 aromatic heterocycles. The molecule has 5 aliphatic carbocycles. The number of nitriles is 1. The normalized spacial score (nSPS) is 35.6. The Kier molecular flexibility index (Phi) is 7.00. The first-order valence-electron chi connectivity index (χ1n) is 14.3. The van der Waals surface area contributed by atoms with Gasteiger partial charge in [0.05, 0.1) is 6.20 Å². The standard InChI is InChI=1S/C30H40ClN7/c1-29(33)8-6-24(7-9-29)37-26-21-10-19-11-22(26)14-30(12-19,13-21)18-36-27-23(15-32)17-35-28(38-27)34-16-20-4-2-3-5-25(20)31/h2-5,17,19,21-22,24,26,37H,6-14,16,18,33H2,1H3,(H2,34,35,36,38)/t19?,21-,22+,24?,26?,29?,30?. The second kappa shape index (κ2) is 10.3. The Balaban J connectivity index is 1.10. The molecule has 1 aromatic carbocycles. The van der Waals surface area contributed by atoms with Crippen molar-refractivity contribution >= 4 is 23.4 Å². The van der Waals surface area contributed by atoms with Crippen molar-refractivity contribution in [2.75, 3.05) is 17.2 Å². The molecule has 5 N–H and O–H groups in total. The lowest BCUT2D eigenvalue weighted by atomic mass is 9.47. The molecule has 0 saturated heterocycles. The monoisotopic (exact) mass is 533 g/mol. The number of aromatic nitrogens is 2. The van der Waals surface area contributed by atoms with E-state index in [4.69, 9.17) is 17.3 Å². The highest BCUT2D eigenvalue weighted by molar-refractivity contribution is 6.31. The highest BCUT2D eigenvalue weighted by Gasteiger charge is 2.55. The molecule has 5 aliphatic rings. The van der Waals surface area contributed by atoms with E-state index < -0.39 is 0 Å². The molecule has 3 unspecified atom stereocenters. The zero-order chi connectivity index (χ0) is 26.3. The molecule has 4 bridgehead atoms. The van der Waals surface area contributed by atoms with Gasteiger partial charge in [-0.25, -0.2) is 4.98 Å². The number of nitrogens with zero attached hydrogens (tertiary/aromatic N) is 3. The van der Waals surface area contributed by atoms with Gasteiger partial charge in [0.15, 0.2) is 0 Å². The van der Waals surface area contributed by atoms with Crippen LogP contribution in [-0.2, 0) is 6.54 Å². The van der Waals surface area contributed by atoms with Crippen LogP contribution in [0.5, 0.6) is 0 Å². The van der Waals surface area contributed by atoms with Gasteiger partial charge in [-0.05, 0) is 99.5 Å². The van der Waals surface area contributed by atoms with E-state index in [0.29, 0.717) is 46.4 Å². The van der Waals surface area contributed by atoms with Crippen molar-refractivity contribution in [2.24, 2.45) is 28.9 Å². The largest absolute Gasteiger partial charge is 0.368 e. The van der Waals surface area contributed by atoms with E-state index in [9.17, 15) is 5.26 Å². The molecule has 5 atom stereocenters. The Morgan fingerprint density at radius 3 is 2.55 bits per heavy atom. The minimum atomic E-state index is 0.0191. The quantitative estimate of drug-likeness (QED) is 0.356. The Morgan fingerprint density at radius 2 is 1.84 bits per heavy atom. The van der Waals surface area contributed by atoms with E-state index in [2.05, 4.69) is 38.9 Å². The topological polar surface area (TPSA) is 112 Å². The summed E-state index contributed by atoms with van der Waals surface area (Å²) in [7, 11) is 0. The van der Waals surface area contributed by atoms with Crippen LogP contribution in [0.25, 0.3) is 0 Å². The third-order valence-electron chi connectivity index (χ3n) is 9.89. The first-order valence-corrected chi connectivity index (χ1v) is 14.7. The summed E-state index contributed by atoms with van der Waals surface area (Å²) in [6.07, 6.45) is 12.8. The van der Waals surface area contributed by atoms with Crippen LogP contribution >= 0.6 is 11.6 Å². The average molecular weight is 534 g/mol. The molecule has 0 radical (unpaired) electrons. The Morgan fingerprint density at radius 1 is 1.11 bits per heavy atom. The SMILES string of the molecule is CC1(N)CCC(NC2[C@@H]3CC4C[C@H]2CC(CNc2nc(NCc5ccccc5Cl)ncc2C#N)(C4)C3)CC1. The number of nitrogens with two attached hydrogens (primary N) is 1. The lowest BCUT2D eigenvalue weighted by Crippen LogP contribution is -2.61. The zero-order valence-electron chi connectivity index (χ0n) is 22.3. The first kappa shape index (κ1) is 25.9. The summed E-state index contributed by atoms with van der Waals surface area (Å²) in [5.74, 6) is 3.47. The number of rotatable bonds is 8. The predicted molar refractivity (Wildman–Crippen MR) is 152 cm³/mol. The van der Waals surface area contributed by atoms with Gasteiger partial charge < -0.3 is 21.7 Å². The Hall–Kier alpha value is -2.40. The fourth-order valence-corrected chi connectivity index (χ4v) is 8.37. The van der Waals surface area contributed by atoms with E-state index in [1.165, 1.54) is 44.9 Å². The number of nitrogens with one attached hydrogen (secondary N) is 3. The third-order valence-corrected chi connectivity index (χ3v) is 10.3. The fourth-order valence-electron chi connectivity index (χ4n) is 8.17. The highest BCUT2D eigenvalue weighted by atomic mass is 35.5. The molecule has 202 valence electrons. The summed E-state index contributed by atoms with van der Waals surface area (Å²) < 4.78 is 0. The van der Waals surface area contributed by atoms with Crippen LogP contribution in [0.3, 0.4) is 0 Å². The van der Waals surface area contributed by atoms with E-state index in [1.54, 1.807) is 6.20 Å². The molecule has 5 saturated carbocycles. The second-order valence-corrected chi connectivity index (χ2v) is 13.4. The van der Waals surface area contributed by atoms with Gasteiger partial charge in [0, 0.05) is 35.7 Å². The number of anilines is 2. The molecule has 5 fully saturated rings. The van der Waals surface area contributed by atoms with Crippen molar-refractivity contribution in [3.63, 3.8) is 0 Å².